The molecule has 2 rings (SSSR count). The molecule has 1 heterocycles. The van der Waals surface area contributed by atoms with E-state index in [1.54, 1.807) is 0 Å². The Labute approximate surface area is 128 Å². The molecule has 6 nitrogen and oxygen atoms in total. The minimum atomic E-state index is -0.891. The van der Waals surface area contributed by atoms with E-state index >= 15 is 0 Å². The number of rotatable bonds is 5. The Kier molecular flexibility index (Phi) is 4.92. The largest absolute Gasteiger partial charge is 0.481 e. The van der Waals surface area contributed by atoms with Crippen molar-refractivity contribution in [2.75, 3.05) is 5.32 Å². The third-order valence-electron chi connectivity index (χ3n) is 3.73. The molecule has 0 bridgehead atoms. The van der Waals surface area contributed by atoms with Crippen LogP contribution in [0.25, 0.3) is 0 Å². The number of amides is 1. The predicted octanol–water partition coefficient (Wildman–Crippen LogP) is 2.42. The Balaban J connectivity index is 2.00. The van der Waals surface area contributed by atoms with Gasteiger partial charge in [0.05, 0.1) is 11.8 Å². The van der Waals surface area contributed by atoms with Crippen LogP contribution in [0.5, 0.6) is 0 Å². The molecular weight excluding hydrogens is 290 g/mol. The van der Waals surface area contributed by atoms with Crippen LogP contribution in [0.4, 0.5) is 5.13 Å². The average molecular weight is 311 g/mol. The third-order valence-corrected chi connectivity index (χ3v) is 4.59. The second-order valence-corrected chi connectivity index (χ2v) is 7.28. The Morgan fingerprint density at radius 2 is 2.00 bits per heavy atom. The van der Waals surface area contributed by atoms with Crippen molar-refractivity contribution in [1.29, 1.82) is 0 Å². The maximum Gasteiger partial charge on any atom is 0.307 e. The van der Waals surface area contributed by atoms with E-state index in [2.05, 4.69) is 29.4 Å². The standard InChI is InChI=1S/C14H21N3O3S/c1-7(2)4-11-16-17-14(21-11)15-12(18)9-5-8(3)6-10(9)13(19)20/h7-10H,4-6H2,1-3H3,(H,19,20)(H,15,17,18)/t8?,9-,10+/m0/s1. The molecule has 1 aromatic rings. The fraction of sp³-hybridized carbons (Fsp3) is 0.714. The molecule has 21 heavy (non-hydrogen) atoms. The third kappa shape index (κ3) is 4.00. The van der Waals surface area contributed by atoms with Crippen LogP contribution in [0.1, 0.15) is 38.6 Å². The molecule has 0 aliphatic heterocycles. The van der Waals surface area contributed by atoms with Crippen LogP contribution in [0, 0.1) is 23.7 Å². The van der Waals surface area contributed by atoms with Gasteiger partial charge in [-0.15, -0.1) is 10.2 Å². The number of carboxylic acids is 1. The number of carbonyl (C=O) groups excluding carboxylic acids is 1. The van der Waals surface area contributed by atoms with Gasteiger partial charge in [0.15, 0.2) is 0 Å². The maximum absolute atomic E-state index is 12.3. The zero-order valence-electron chi connectivity index (χ0n) is 12.5. The summed E-state index contributed by atoms with van der Waals surface area (Å²) in [4.78, 5) is 23.5. The second kappa shape index (κ2) is 6.51. The monoisotopic (exact) mass is 311 g/mol. The van der Waals surface area contributed by atoms with Crippen molar-refractivity contribution in [2.24, 2.45) is 23.7 Å². The summed E-state index contributed by atoms with van der Waals surface area (Å²) in [6.07, 6.45) is 1.99. The molecular formula is C14H21N3O3S. The highest BCUT2D eigenvalue weighted by atomic mass is 32.1. The van der Waals surface area contributed by atoms with Crippen molar-refractivity contribution in [1.82, 2.24) is 10.2 Å². The number of carboxylic acid groups (broad SMARTS) is 1. The van der Waals surface area contributed by atoms with Crippen LogP contribution in [-0.4, -0.2) is 27.2 Å². The normalized spacial score (nSPS) is 25.2. The topological polar surface area (TPSA) is 92.2 Å². The van der Waals surface area contributed by atoms with Crippen molar-refractivity contribution < 1.29 is 14.7 Å². The van der Waals surface area contributed by atoms with Gasteiger partial charge < -0.3 is 10.4 Å². The molecule has 1 amide bonds. The van der Waals surface area contributed by atoms with Gasteiger partial charge in [0.2, 0.25) is 11.0 Å². The van der Waals surface area contributed by atoms with E-state index in [1.807, 2.05) is 6.92 Å². The van der Waals surface area contributed by atoms with E-state index in [0.717, 1.165) is 11.4 Å². The van der Waals surface area contributed by atoms with E-state index < -0.39 is 17.8 Å². The molecule has 1 unspecified atom stereocenters. The van der Waals surface area contributed by atoms with E-state index in [4.69, 9.17) is 0 Å². The highest BCUT2D eigenvalue weighted by Gasteiger charge is 2.41. The minimum Gasteiger partial charge on any atom is -0.481 e. The van der Waals surface area contributed by atoms with Gasteiger partial charge in [-0.2, -0.15) is 0 Å². The summed E-state index contributed by atoms with van der Waals surface area (Å²) in [5.74, 6) is -1.48. The van der Waals surface area contributed by atoms with Gasteiger partial charge in [-0.05, 0) is 24.7 Å². The van der Waals surface area contributed by atoms with Gasteiger partial charge in [0.1, 0.15) is 5.01 Å². The zero-order valence-corrected chi connectivity index (χ0v) is 13.3. The van der Waals surface area contributed by atoms with Crippen LogP contribution in [0.15, 0.2) is 0 Å². The summed E-state index contributed by atoms with van der Waals surface area (Å²) in [6.45, 7) is 6.17. The first kappa shape index (κ1) is 15.9. The van der Waals surface area contributed by atoms with Crippen molar-refractivity contribution in [2.45, 2.75) is 40.0 Å². The van der Waals surface area contributed by atoms with Crippen molar-refractivity contribution >= 4 is 28.3 Å². The fourth-order valence-electron chi connectivity index (χ4n) is 2.79. The Hall–Kier alpha value is -1.50. The summed E-state index contributed by atoms with van der Waals surface area (Å²) < 4.78 is 0. The van der Waals surface area contributed by atoms with E-state index in [0.29, 0.717) is 23.9 Å². The quantitative estimate of drug-likeness (QED) is 0.871. The minimum absolute atomic E-state index is 0.251. The van der Waals surface area contributed by atoms with Crippen molar-refractivity contribution in [3.05, 3.63) is 5.01 Å². The first-order valence-corrected chi connectivity index (χ1v) is 8.04. The summed E-state index contributed by atoms with van der Waals surface area (Å²) >= 11 is 1.36. The molecule has 1 saturated carbocycles. The SMILES string of the molecule is CC(C)Cc1nnc(NC(=O)[C@H]2CC(C)C[C@H]2C(=O)O)s1. The summed E-state index contributed by atoms with van der Waals surface area (Å²) in [7, 11) is 0. The smallest absolute Gasteiger partial charge is 0.307 e. The Bertz CT molecular complexity index is 529. The van der Waals surface area contributed by atoms with Crippen LogP contribution < -0.4 is 5.32 Å². The maximum atomic E-state index is 12.3. The number of aliphatic carboxylic acids is 1. The van der Waals surface area contributed by atoms with Crippen molar-refractivity contribution in [3.63, 3.8) is 0 Å². The Morgan fingerprint density at radius 1 is 1.33 bits per heavy atom. The predicted molar refractivity (Wildman–Crippen MR) is 80.1 cm³/mol. The highest BCUT2D eigenvalue weighted by Crippen LogP contribution is 2.37. The summed E-state index contributed by atoms with van der Waals surface area (Å²) in [5, 5.41) is 21.3. The number of carbonyl (C=O) groups is 2. The first-order chi connectivity index (χ1) is 9.86. The zero-order chi connectivity index (χ0) is 15.6. The highest BCUT2D eigenvalue weighted by molar-refractivity contribution is 7.15. The molecule has 0 radical (unpaired) electrons. The van der Waals surface area contributed by atoms with Crippen LogP contribution in [0.2, 0.25) is 0 Å². The molecule has 3 atom stereocenters. The van der Waals surface area contributed by atoms with Gasteiger partial charge in [-0.3, -0.25) is 9.59 Å². The lowest BCUT2D eigenvalue weighted by Gasteiger charge is -2.13. The van der Waals surface area contributed by atoms with Gasteiger partial charge in [0, 0.05) is 6.42 Å². The lowest BCUT2D eigenvalue weighted by atomic mass is 9.95. The van der Waals surface area contributed by atoms with Gasteiger partial charge in [-0.1, -0.05) is 32.1 Å². The second-order valence-electron chi connectivity index (χ2n) is 6.22. The molecule has 1 aliphatic carbocycles. The Morgan fingerprint density at radius 3 is 2.62 bits per heavy atom. The van der Waals surface area contributed by atoms with Crippen LogP contribution in [-0.2, 0) is 16.0 Å². The molecule has 1 fully saturated rings. The number of anilines is 1. The number of hydrogen-bond donors (Lipinski definition) is 2. The number of nitrogens with zero attached hydrogens (tertiary/aromatic N) is 2. The average Bonchev–Trinajstić information content (AvgIpc) is 2.95. The molecule has 0 saturated heterocycles. The summed E-state index contributed by atoms with van der Waals surface area (Å²) in [5.41, 5.74) is 0. The van der Waals surface area contributed by atoms with Gasteiger partial charge in [0.25, 0.3) is 0 Å². The molecule has 7 heteroatoms. The molecule has 116 valence electrons. The molecule has 1 aliphatic rings. The molecule has 1 aromatic heterocycles. The van der Waals surface area contributed by atoms with Gasteiger partial charge >= 0.3 is 5.97 Å². The van der Waals surface area contributed by atoms with E-state index in [9.17, 15) is 14.7 Å². The van der Waals surface area contributed by atoms with Crippen molar-refractivity contribution in [3.8, 4) is 0 Å². The van der Waals surface area contributed by atoms with E-state index in [-0.39, 0.29) is 11.8 Å². The van der Waals surface area contributed by atoms with Crippen LogP contribution in [0.3, 0.4) is 0 Å². The first-order valence-electron chi connectivity index (χ1n) is 7.22. The number of aromatic nitrogens is 2. The van der Waals surface area contributed by atoms with Crippen LogP contribution >= 0.6 is 11.3 Å². The fourth-order valence-corrected chi connectivity index (χ4v) is 3.74. The van der Waals surface area contributed by atoms with E-state index in [1.165, 1.54) is 11.3 Å². The van der Waals surface area contributed by atoms with Gasteiger partial charge in [-0.25, -0.2) is 0 Å². The number of nitrogens with one attached hydrogen (secondary N) is 1. The lowest BCUT2D eigenvalue weighted by molar-refractivity contribution is -0.145. The molecule has 0 spiro atoms. The molecule has 0 aromatic carbocycles. The number of hydrogen-bond acceptors (Lipinski definition) is 5. The lowest BCUT2D eigenvalue weighted by Crippen LogP contribution is -2.29. The summed E-state index contributed by atoms with van der Waals surface area (Å²) in [6, 6.07) is 0. The molecule has 2 N–H and O–H groups in total.